The number of unbranched alkanes of at least 4 members (excludes halogenated alkanes) is 2. The molecule has 6 aliphatic rings. The fourth-order valence-corrected chi connectivity index (χ4v) is 12.7. The third-order valence-corrected chi connectivity index (χ3v) is 18.1. The topological polar surface area (TPSA) is 496 Å². The number of nitrogens with one attached hydrogen (secondary N) is 2. The summed E-state index contributed by atoms with van der Waals surface area (Å²) < 4.78 is 62.9. The van der Waals surface area contributed by atoms with Crippen LogP contribution in [0, 0.1) is 0 Å². The number of rotatable bonds is 28. The molecule has 6 amide bonds. The number of nitrogens with zero attached hydrogens (tertiary/aromatic N) is 4. The van der Waals surface area contributed by atoms with E-state index in [9.17, 15) is 84.6 Å². The summed E-state index contributed by atoms with van der Waals surface area (Å²) in [6, 6.07) is 11.3. The molecule has 0 aromatic heterocycles. The van der Waals surface area contributed by atoms with Crippen LogP contribution in [0.3, 0.4) is 0 Å². The summed E-state index contributed by atoms with van der Waals surface area (Å²) in [6.45, 7) is 6.30. The molecule has 104 heavy (non-hydrogen) atoms. The van der Waals surface area contributed by atoms with E-state index in [4.69, 9.17) is 58.0 Å². The first kappa shape index (κ1) is 77.1. The van der Waals surface area contributed by atoms with E-state index in [2.05, 4.69) is 28.6 Å². The van der Waals surface area contributed by atoms with Crippen molar-refractivity contribution in [2.45, 2.75) is 131 Å². The molecule has 4 fully saturated rings. The molecular weight excluding hydrogens is 1380 g/mol. The highest BCUT2D eigenvalue weighted by molar-refractivity contribution is 6.07. The van der Waals surface area contributed by atoms with Gasteiger partial charge in [0.25, 0.3) is 23.6 Å². The Labute approximate surface area is 593 Å². The van der Waals surface area contributed by atoms with Crippen molar-refractivity contribution in [3.05, 3.63) is 118 Å². The number of carboxylic acid groups (broad SMARTS) is 1. The number of anilines is 2. The normalized spacial score (nSPS) is 25.7. The standard InChI is InChI=1S/C68H83N7O29/c1-32-19-42-62(87)74(67(91)98-30-34-9-11-44(38(21-34)58(83)70-13-17-93-3)101-65-55(81)52(78)51(77)50(29-76)103-65)40-25-48(46(94-4)23-36(40)60(85)72(42)27-32)96-15-7-6-8-16-97-49-26-41-37(24-47(49)95-5)61(86)73-28-33(2)20-43(73)63(88)75(41)68(92)99-31-35-10-12-45(39(22-35)59(84)71-14-18-100-69)102-66-56(82)53(79)54(80)57(104-66)64(89)90/h9-12,21-26,42-43,50-57,62-63,65-66,76-82,87-88H,1-2,6-8,13-20,27-31,69H2,3-5H3,(H,70,83)(H,71,84)(H,89,90)/t42-,43-,50+,51-,52-,53-,54-,55+,56+,57-,62?,63?,65+,66+/m0/s1. The number of hydrogen-bond acceptors (Lipinski definition) is 29. The average molecular weight is 1460 g/mol. The van der Waals surface area contributed by atoms with Gasteiger partial charge in [-0.2, -0.15) is 0 Å². The van der Waals surface area contributed by atoms with Crippen LogP contribution < -0.4 is 54.8 Å². The highest BCUT2D eigenvalue weighted by Gasteiger charge is 2.51. The summed E-state index contributed by atoms with van der Waals surface area (Å²) in [5.41, 5.74) is 0.813. The van der Waals surface area contributed by atoms with E-state index in [1.165, 1.54) is 91.8 Å². The van der Waals surface area contributed by atoms with Crippen LogP contribution in [0.4, 0.5) is 21.0 Å². The van der Waals surface area contributed by atoms with Gasteiger partial charge in [-0.05, 0) is 79.6 Å². The maximum Gasteiger partial charge on any atom is 0.416 e. The number of carbonyl (C=O) groups excluding carboxylic acids is 6. The third kappa shape index (κ3) is 16.5. The number of hydrogen-bond donors (Lipinski definition) is 13. The van der Waals surface area contributed by atoms with E-state index in [-0.39, 0.29) is 145 Å². The molecule has 0 aliphatic carbocycles. The molecule has 14 atom stereocenters. The van der Waals surface area contributed by atoms with Crippen LogP contribution in [0.15, 0.2) is 85.0 Å². The van der Waals surface area contributed by atoms with Crippen molar-refractivity contribution in [1.29, 1.82) is 0 Å². The molecule has 4 saturated heterocycles. The van der Waals surface area contributed by atoms with Gasteiger partial charge >= 0.3 is 18.2 Å². The second-order valence-corrected chi connectivity index (χ2v) is 25.1. The molecule has 14 N–H and O–H groups in total. The van der Waals surface area contributed by atoms with Crippen LogP contribution in [0.2, 0.25) is 0 Å². The zero-order valence-electron chi connectivity index (χ0n) is 56.7. The molecule has 4 aromatic rings. The predicted octanol–water partition coefficient (Wildman–Crippen LogP) is -0.730. The first-order chi connectivity index (χ1) is 49.8. The van der Waals surface area contributed by atoms with Gasteiger partial charge in [0.1, 0.15) is 67.4 Å². The number of nitrogens with two attached hydrogens (primary N) is 1. The van der Waals surface area contributed by atoms with Crippen molar-refractivity contribution in [3.8, 4) is 34.5 Å². The molecule has 6 aliphatic heterocycles. The quantitative estimate of drug-likeness (QED) is 0.0189. The maximum atomic E-state index is 14.5. The number of carbonyl (C=O) groups is 7. The zero-order valence-corrected chi connectivity index (χ0v) is 56.7. The van der Waals surface area contributed by atoms with Gasteiger partial charge in [-0.25, -0.2) is 30.1 Å². The lowest BCUT2D eigenvalue weighted by atomic mass is 9.99. The number of aliphatic carboxylic acids is 1. The van der Waals surface area contributed by atoms with Crippen LogP contribution >= 0.6 is 0 Å². The molecular formula is C68H83N7O29. The third-order valence-electron chi connectivity index (χ3n) is 18.1. The van der Waals surface area contributed by atoms with Gasteiger partial charge in [0.15, 0.2) is 41.6 Å². The first-order valence-corrected chi connectivity index (χ1v) is 32.9. The Hall–Kier alpha value is -9.51. The van der Waals surface area contributed by atoms with Gasteiger partial charge in [0, 0.05) is 45.4 Å². The summed E-state index contributed by atoms with van der Waals surface area (Å²) in [4.78, 5) is 106. The smallest absolute Gasteiger partial charge is 0.416 e. The Balaban J connectivity index is 0.822. The van der Waals surface area contributed by atoms with E-state index >= 15 is 0 Å². The minimum atomic E-state index is -2.04. The Bertz CT molecular complexity index is 3860. The molecule has 4 aromatic carbocycles. The van der Waals surface area contributed by atoms with Crippen LogP contribution in [0.25, 0.3) is 0 Å². The van der Waals surface area contributed by atoms with E-state index in [0.717, 1.165) is 9.80 Å². The minimum Gasteiger partial charge on any atom is -0.493 e. The van der Waals surface area contributed by atoms with Gasteiger partial charge in [0.2, 0.25) is 12.6 Å². The van der Waals surface area contributed by atoms with Gasteiger partial charge in [-0.1, -0.05) is 36.4 Å². The summed E-state index contributed by atoms with van der Waals surface area (Å²) in [6.07, 6.45) is -22.5. The van der Waals surface area contributed by atoms with Crippen LogP contribution in [0.5, 0.6) is 34.5 Å². The number of methoxy groups -OCH3 is 3. The number of amides is 6. The first-order valence-electron chi connectivity index (χ1n) is 32.9. The fourth-order valence-electron chi connectivity index (χ4n) is 12.7. The molecule has 0 saturated carbocycles. The number of carboxylic acids is 1. The predicted molar refractivity (Wildman–Crippen MR) is 354 cm³/mol. The number of aliphatic hydroxyl groups excluding tert-OH is 9. The molecule has 0 radical (unpaired) electrons. The highest BCUT2D eigenvalue weighted by Crippen LogP contribution is 2.45. The Morgan fingerprint density at radius 3 is 1.44 bits per heavy atom. The Kier molecular flexibility index (Phi) is 25.2. The van der Waals surface area contributed by atoms with Crippen LogP contribution in [0.1, 0.15) is 84.7 Å². The minimum absolute atomic E-state index is 0.0281. The highest BCUT2D eigenvalue weighted by atomic mass is 16.7. The molecule has 36 nitrogen and oxygen atoms in total. The zero-order chi connectivity index (χ0) is 75.0. The van der Waals surface area contributed by atoms with Crippen molar-refractivity contribution >= 4 is 53.2 Å². The summed E-state index contributed by atoms with van der Waals surface area (Å²) in [5.74, 6) is 0.653. The van der Waals surface area contributed by atoms with Crippen molar-refractivity contribution in [1.82, 2.24) is 20.4 Å². The fraction of sp³-hybridized carbons (Fsp3) is 0.485. The van der Waals surface area contributed by atoms with Crippen molar-refractivity contribution in [3.63, 3.8) is 0 Å². The van der Waals surface area contributed by atoms with Gasteiger partial charge in [0.05, 0.1) is 93.0 Å². The lowest BCUT2D eigenvalue weighted by Crippen LogP contribution is -2.61. The molecule has 0 bridgehead atoms. The molecule has 0 spiro atoms. The van der Waals surface area contributed by atoms with Gasteiger partial charge in [-0.3, -0.25) is 19.2 Å². The lowest BCUT2D eigenvalue weighted by Gasteiger charge is -2.39. The number of fused-ring (bicyclic) bond motifs is 4. The van der Waals surface area contributed by atoms with Crippen molar-refractivity contribution in [2.75, 3.05) is 90.3 Å². The molecule has 2 unspecified atom stereocenters. The number of benzene rings is 4. The monoisotopic (exact) mass is 1460 g/mol. The van der Waals surface area contributed by atoms with Crippen molar-refractivity contribution < 1.29 is 142 Å². The summed E-state index contributed by atoms with van der Waals surface area (Å²) in [5, 5.41) is 111. The van der Waals surface area contributed by atoms with E-state index in [0.29, 0.717) is 30.4 Å². The second-order valence-electron chi connectivity index (χ2n) is 25.1. The Morgan fingerprint density at radius 2 is 1.01 bits per heavy atom. The van der Waals surface area contributed by atoms with Crippen LogP contribution in [-0.2, 0) is 46.5 Å². The largest absolute Gasteiger partial charge is 0.493 e. The average Bonchev–Trinajstić information content (AvgIpc) is 1.55. The maximum absolute atomic E-state index is 14.5. The SMILES string of the molecule is C=C1C[C@H]2C(O)N(C(=O)OCc3ccc(O[C@@H]4O[C@H](C(=O)O)[C@@H](O)[C@H](O)[C@H]4O)c(C(=O)NCCON)c3)c3cc(OCCCCCOc4cc5c(cc4OC)C(=O)N4CC(=C)C[C@H]4C(O)N5C(=O)OCc4ccc(O[C@@H]5O[C@H](CO)[C@H](O)[C@H](O)[C@H]5O)c(C(=O)NCCOC)c4)c(OC)cc3C(=O)N2C1. The Morgan fingerprint density at radius 1 is 0.558 bits per heavy atom. The second kappa shape index (κ2) is 33.9. The van der Waals surface area contributed by atoms with E-state index in [1.807, 2.05) is 0 Å². The number of aliphatic hydroxyl groups is 9. The molecule has 10 rings (SSSR count). The van der Waals surface area contributed by atoms with Crippen LogP contribution in [-0.4, -0.2) is 269 Å². The summed E-state index contributed by atoms with van der Waals surface area (Å²) in [7, 11) is 4.12. The summed E-state index contributed by atoms with van der Waals surface area (Å²) >= 11 is 0. The van der Waals surface area contributed by atoms with Gasteiger partial charge < -0.3 is 128 Å². The number of ether oxygens (including phenoxy) is 11. The lowest BCUT2D eigenvalue weighted by molar-refractivity contribution is -0.277. The molecule has 6 heterocycles. The van der Waals surface area contributed by atoms with E-state index in [1.54, 1.807) is 0 Å². The van der Waals surface area contributed by atoms with Crippen molar-refractivity contribution in [2.24, 2.45) is 5.90 Å². The van der Waals surface area contributed by atoms with E-state index < -0.39 is 148 Å². The molecule has 564 valence electrons. The molecule has 36 heteroatoms. The van der Waals surface area contributed by atoms with Gasteiger partial charge in [-0.15, -0.1) is 0 Å².